The highest BCUT2D eigenvalue weighted by Crippen LogP contribution is 2.29. The second-order valence-electron chi connectivity index (χ2n) is 6.58. The van der Waals surface area contributed by atoms with E-state index in [1.807, 2.05) is 4.90 Å². The number of imide groups is 1. The Bertz CT molecular complexity index is 482. The van der Waals surface area contributed by atoms with Crippen molar-refractivity contribution < 1.29 is 14.4 Å². The van der Waals surface area contributed by atoms with E-state index in [1.54, 1.807) is 13.8 Å². The minimum atomic E-state index is -0.962. The van der Waals surface area contributed by atoms with Gasteiger partial charge in [0.2, 0.25) is 5.91 Å². The lowest BCUT2D eigenvalue weighted by Crippen LogP contribution is -2.52. The fraction of sp³-hybridized carbons (Fsp3) is 0.786. The van der Waals surface area contributed by atoms with Crippen LogP contribution in [-0.4, -0.2) is 64.9 Å². The number of urea groups is 1. The Morgan fingerprint density at radius 3 is 2.55 bits per heavy atom. The van der Waals surface area contributed by atoms with Crippen molar-refractivity contribution in [2.75, 3.05) is 19.6 Å². The molecule has 124 valence electrons. The molecule has 2 atom stereocenters. The summed E-state index contributed by atoms with van der Waals surface area (Å²) >= 11 is 0. The second kappa shape index (κ2) is 6.04. The van der Waals surface area contributed by atoms with Gasteiger partial charge < -0.3 is 15.1 Å². The number of nitrogens with one attached hydrogen (secondary N) is 2. The first kappa shape index (κ1) is 17.0. The summed E-state index contributed by atoms with van der Waals surface area (Å²) in [4.78, 5) is 39.6. The second-order valence-corrected chi connectivity index (χ2v) is 6.58. The van der Waals surface area contributed by atoms with E-state index in [0.717, 1.165) is 32.4 Å². The molecule has 3 heterocycles. The van der Waals surface area contributed by atoms with E-state index in [0.29, 0.717) is 0 Å². The van der Waals surface area contributed by atoms with E-state index in [2.05, 4.69) is 10.6 Å². The quantitative estimate of drug-likeness (QED) is 0.703. The standard InChI is InChI=1S/C14H22N4O3.ClH/c1-14(2)12(20)16-13(21)17(14)8-11(19)18-9-3-4-10(18)7-15-6-5-9;/h9-10,15H,3-8H2,1-2H3,(H,16,20,21);1H. The zero-order chi connectivity index (χ0) is 15.2. The number of halogens is 1. The first-order valence-corrected chi connectivity index (χ1v) is 7.56. The fourth-order valence-electron chi connectivity index (χ4n) is 3.57. The lowest BCUT2D eigenvalue weighted by Gasteiger charge is -2.33. The van der Waals surface area contributed by atoms with Gasteiger partial charge in [-0.2, -0.15) is 0 Å². The zero-order valence-electron chi connectivity index (χ0n) is 12.9. The third kappa shape index (κ3) is 2.67. The summed E-state index contributed by atoms with van der Waals surface area (Å²) in [5, 5.41) is 5.63. The van der Waals surface area contributed by atoms with Gasteiger partial charge in [-0.05, 0) is 39.7 Å². The van der Waals surface area contributed by atoms with Crippen molar-refractivity contribution in [2.45, 2.75) is 50.7 Å². The minimum absolute atomic E-state index is 0. The molecule has 3 fully saturated rings. The number of rotatable bonds is 2. The maximum atomic E-state index is 12.7. The molecular formula is C14H23ClN4O3. The summed E-state index contributed by atoms with van der Waals surface area (Å²) < 4.78 is 0. The van der Waals surface area contributed by atoms with Crippen LogP contribution in [0, 0.1) is 0 Å². The van der Waals surface area contributed by atoms with Crippen LogP contribution >= 0.6 is 12.4 Å². The molecule has 0 aromatic heterocycles. The van der Waals surface area contributed by atoms with Gasteiger partial charge in [-0.25, -0.2) is 4.79 Å². The molecule has 3 rings (SSSR count). The molecule has 2 bridgehead atoms. The van der Waals surface area contributed by atoms with Gasteiger partial charge in [-0.1, -0.05) is 0 Å². The van der Waals surface area contributed by atoms with Crippen molar-refractivity contribution >= 4 is 30.3 Å². The number of carbonyl (C=O) groups is 3. The third-order valence-electron chi connectivity index (χ3n) is 4.93. The topological polar surface area (TPSA) is 81.8 Å². The molecular weight excluding hydrogens is 308 g/mol. The maximum Gasteiger partial charge on any atom is 0.325 e. The highest BCUT2D eigenvalue weighted by atomic mass is 35.5. The van der Waals surface area contributed by atoms with Crippen LogP contribution in [0.1, 0.15) is 33.1 Å². The van der Waals surface area contributed by atoms with Gasteiger partial charge in [0.1, 0.15) is 12.1 Å². The van der Waals surface area contributed by atoms with E-state index in [1.165, 1.54) is 4.90 Å². The van der Waals surface area contributed by atoms with Crippen LogP contribution in [-0.2, 0) is 9.59 Å². The summed E-state index contributed by atoms with van der Waals surface area (Å²) in [5.41, 5.74) is -0.962. The van der Waals surface area contributed by atoms with E-state index >= 15 is 0 Å². The van der Waals surface area contributed by atoms with E-state index in [9.17, 15) is 14.4 Å². The molecule has 3 aliphatic heterocycles. The molecule has 3 saturated heterocycles. The molecule has 8 heteroatoms. The van der Waals surface area contributed by atoms with Gasteiger partial charge in [0.05, 0.1) is 0 Å². The Morgan fingerprint density at radius 2 is 1.91 bits per heavy atom. The highest BCUT2D eigenvalue weighted by molar-refractivity contribution is 6.07. The van der Waals surface area contributed by atoms with Gasteiger partial charge in [-0.3, -0.25) is 14.9 Å². The highest BCUT2D eigenvalue weighted by Gasteiger charge is 2.48. The molecule has 0 spiro atoms. The average Bonchev–Trinajstić information content (AvgIpc) is 2.77. The summed E-state index contributed by atoms with van der Waals surface area (Å²) in [5.74, 6) is -0.398. The number of fused-ring (bicyclic) bond motifs is 2. The minimum Gasteiger partial charge on any atom is -0.334 e. The van der Waals surface area contributed by atoms with Crippen LogP contribution in [0.15, 0.2) is 0 Å². The van der Waals surface area contributed by atoms with Gasteiger partial charge >= 0.3 is 6.03 Å². The normalized spacial score (nSPS) is 29.9. The molecule has 0 radical (unpaired) electrons. The lowest BCUT2D eigenvalue weighted by atomic mass is 10.0. The van der Waals surface area contributed by atoms with Crippen LogP contribution in [0.3, 0.4) is 0 Å². The Morgan fingerprint density at radius 1 is 1.23 bits per heavy atom. The Balaban J connectivity index is 0.00000176. The van der Waals surface area contributed by atoms with Gasteiger partial charge in [0.25, 0.3) is 5.91 Å². The van der Waals surface area contributed by atoms with Gasteiger partial charge in [0.15, 0.2) is 0 Å². The van der Waals surface area contributed by atoms with Crippen LogP contribution in [0.5, 0.6) is 0 Å². The molecule has 22 heavy (non-hydrogen) atoms. The predicted octanol–water partition coefficient (Wildman–Crippen LogP) is 0.0915. The SMILES string of the molecule is CC1(C)C(=O)NC(=O)N1CC(=O)N1C2CCNCC1CC2.Cl. The molecule has 2 N–H and O–H groups in total. The third-order valence-corrected chi connectivity index (χ3v) is 4.93. The lowest BCUT2D eigenvalue weighted by molar-refractivity contribution is -0.136. The van der Waals surface area contributed by atoms with Crippen LogP contribution in [0.2, 0.25) is 0 Å². The van der Waals surface area contributed by atoms with Gasteiger partial charge in [0, 0.05) is 18.6 Å². The summed E-state index contributed by atoms with van der Waals surface area (Å²) in [7, 11) is 0. The average molecular weight is 331 g/mol. The largest absolute Gasteiger partial charge is 0.334 e. The number of hydrogen-bond acceptors (Lipinski definition) is 4. The molecule has 0 saturated carbocycles. The van der Waals surface area contributed by atoms with Crippen molar-refractivity contribution in [2.24, 2.45) is 0 Å². The van der Waals surface area contributed by atoms with Crippen LogP contribution < -0.4 is 10.6 Å². The number of hydrogen-bond donors (Lipinski definition) is 2. The van der Waals surface area contributed by atoms with E-state index < -0.39 is 11.6 Å². The zero-order valence-corrected chi connectivity index (χ0v) is 13.7. The molecule has 3 aliphatic rings. The molecule has 0 aromatic carbocycles. The summed E-state index contributed by atoms with van der Waals surface area (Å²) in [6, 6.07) is 0.00935. The van der Waals surface area contributed by atoms with E-state index in [4.69, 9.17) is 0 Å². The predicted molar refractivity (Wildman–Crippen MR) is 82.7 cm³/mol. The summed E-state index contributed by atoms with van der Waals surface area (Å²) in [6.45, 7) is 5.05. The number of carbonyl (C=O) groups excluding carboxylic acids is 3. The Labute approximate surface area is 136 Å². The van der Waals surface area contributed by atoms with Crippen molar-refractivity contribution in [1.82, 2.24) is 20.4 Å². The van der Waals surface area contributed by atoms with Crippen molar-refractivity contribution in [3.63, 3.8) is 0 Å². The van der Waals surface area contributed by atoms with Crippen molar-refractivity contribution in [1.29, 1.82) is 0 Å². The molecule has 7 nitrogen and oxygen atoms in total. The van der Waals surface area contributed by atoms with Crippen molar-refractivity contribution in [3.8, 4) is 0 Å². The molecule has 2 unspecified atom stereocenters. The van der Waals surface area contributed by atoms with Crippen LogP contribution in [0.25, 0.3) is 0 Å². The number of nitrogens with zero attached hydrogens (tertiary/aromatic N) is 2. The van der Waals surface area contributed by atoms with E-state index in [-0.39, 0.29) is 42.8 Å². The first-order valence-electron chi connectivity index (χ1n) is 7.56. The first-order chi connectivity index (χ1) is 9.91. The monoisotopic (exact) mass is 330 g/mol. The van der Waals surface area contributed by atoms with Crippen molar-refractivity contribution in [3.05, 3.63) is 0 Å². The molecule has 0 aliphatic carbocycles. The Hall–Kier alpha value is -1.34. The number of amides is 4. The summed E-state index contributed by atoms with van der Waals surface area (Å²) in [6.07, 6.45) is 3.00. The Kier molecular flexibility index (Phi) is 4.67. The molecule has 4 amide bonds. The van der Waals surface area contributed by atoms with Gasteiger partial charge in [-0.15, -0.1) is 12.4 Å². The van der Waals surface area contributed by atoms with Crippen LogP contribution in [0.4, 0.5) is 4.79 Å². The molecule has 0 aromatic rings. The maximum absolute atomic E-state index is 12.7. The smallest absolute Gasteiger partial charge is 0.325 e. The fourth-order valence-corrected chi connectivity index (χ4v) is 3.57.